The Kier molecular flexibility index (Phi) is 2.95. The third kappa shape index (κ3) is 2.31. The van der Waals surface area contributed by atoms with Gasteiger partial charge in [0.15, 0.2) is 0 Å². The molecule has 1 heterocycles. The highest BCUT2D eigenvalue weighted by Crippen LogP contribution is 2.30. The van der Waals surface area contributed by atoms with Crippen LogP contribution in [-0.2, 0) is 0 Å². The van der Waals surface area contributed by atoms with Crippen LogP contribution in [0.5, 0.6) is 0 Å². The first kappa shape index (κ1) is 10.5. The average Bonchev–Trinajstić information content (AvgIpc) is 2.65. The Morgan fingerprint density at radius 2 is 1.80 bits per heavy atom. The van der Waals surface area contributed by atoms with Crippen molar-refractivity contribution in [1.82, 2.24) is 0 Å². The van der Waals surface area contributed by atoms with Crippen LogP contribution in [0.15, 0.2) is 36.4 Å². The standard InChI is InChI=1S/C11H10ClNOS/c12-10-6-5-9(15-10)11(14)7-1-3-8(13)4-2-7/h1-6,11,14H,13H2. The number of thiophene rings is 1. The molecule has 0 spiro atoms. The molecule has 0 fully saturated rings. The van der Waals surface area contributed by atoms with Crippen LogP contribution in [0.1, 0.15) is 16.5 Å². The monoisotopic (exact) mass is 239 g/mol. The van der Waals surface area contributed by atoms with Gasteiger partial charge in [0.05, 0.1) is 4.34 Å². The van der Waals surface area contributed by atoms with Gasteiger partial charge in [-0.25, -0.2) is 0 Å². The van der Waals surface area contributed by atoms with Gasteiger partial charge in [0.1, 0.15) is 6.10 Å². The van der Waals surface area contributed by atoms with Crippen LogP contribution in [0.4, 0.5) is 5.69 Å². The van der Waals surface area contributed by atoms with Crippen LogP contribution in [-0.4, -0.2) is 5.11 Å². The molecule has 0 radical (unpaired) electrons. The van der Waals surface area contributed by atoms with Crippen LogP contribution in [0.3, 0.4) is 0 Å². The largest absolute Gasteiger partial charge is 0.399 e. The van der Waals surface area contributed by atoms with Gasteiger partial charge in [0.2, 0.25) is 0 Å². The quantitative estimate of drug-likeness (QED) is 0.792. The number of aliphatic hydroxyl groups excluding tert-OH is 1. The van der Waals surface area contributed by atoms with E-state index >= 15 is 0 Å². The zero-order valence-electron chi connectivity index (χ0n) is 7.85. The number of halogens is 1. The van der Waals surface area contributed by atoms with Crippen LogP contribution < -0.4 is 5.73 Å². The van der Waals surface area contributed by atoms with E-state index in [-0.39, 0.29) is 0 Å². The van der Waals surface area contributed by atoms with Crippen LogP contribution in [0.25, 0.3) is 0 Å². The van der Waals surface area contributed by atoms with Crippen molar-refractivity contribution in [2.45, 2.75) is 6.10 Å². The Hall–Kier alpha value is -1.03. The molecule has 15 heavy (non-hydrogen) atoms. The van der Waals surface area contributed by atoms with Gasteiger partial charge in [-0.15, -0.1) is 11.3 Å². The summed E-state index contributed by atoms with van der Waals surface area (Å²) in [5.41, 5.74) is 7.08. The molecule has 2 rings (SSSR count). The molecule has 0 aliphatic carbocycles. The summed E-state index contributed by atoms with van der Waals surface area (Å²) in [7, 11) is 0. The minimum absolute atomic E-state index is 0.622. The minimum Gasteiger partial charge on any atom is -0.399 e. The summed E-state index contributed by atoms with van der Waals surface area (Å²) >= 11 is 7.18. The number of nitrogen functional groups attached to an aromatic ring is 1. The smallest absolute Gasteiger partial charge is 0.113 e. The molecule has 1 atom stereocenters. The van der Waals surface area contributed by atoms with Crippen LogP contribution in [0.2, 0.25) is 4.34 Å². The van der Waals surface area contributed by atoms with Gasteiger partial charge in [-0.05, 0) is 29.8 Å². The number of rotatable bonds is 2. The second kappa shape index (κ2) is 4.23. The van der Waals surface area contributed by atoms with E-state index < -0.39 is 6.10 Å². The summed E-state index contributed by atoms with van der Waals surface area (Å²) in [6, 6.07) is 10.8. The molecule has 0 saturated heterocycles. The Morgan fingerprint density at radius 3 is 2.33 bits per heavy atom. The fourth-order valence-electron chi connectivity index (χ4n) is 1.32. The molecular weight excluding hydrogens is 230 g/mol. The van der Waals surface area contributed by atoms with Crippen LogP contribution in [0, 0.1) is 0 Å². The number of aliphatic hydroxyl groups is 1. The first-order valence-electron chi connectivity index (χ1n) is 4.45. The summed E-state index contributed by atoms with van der Waals surface area (Å²) in [4.78, 5) is 0.838. The number of benzene rings is 1. The molecule has 0 aliphatic rings. The molecule has 2 aromatic rings. The summed E-state index contributed by atoms with van der Waals surface area (Å²) in [5.74, 6) is 0. The van der Waals surface area contributed by atoms with Gasteiger partial charge in [0, 0.05) is 10.6 Å². The highest BCUT2D eigenvalue weighted by atomic mass is 35.5. The molecule has 4 heteroatoms. The maximum Gasteiger partial charge on any atom is 0.113 e. The molecule has 2 nitrogen and oxygen atoms in total. The molecular formula is C11H10ClNOS. The topological polar surface area (TPSA) is 46.2 Å². The fraction of sp³-hybridized carbons (Fsp3) is 0.0909. The van der Waals surface area contributed by atoms with Crippen molar-refractivity contribution < 1.29 is 5.11 Å². The van der Waals surface area contributed by atoms with Crippen molar-refractivity contribution >= 4 is 28.6 Å². The van der Waals surface area contributed by atoms with Gasteiger partial charge in [-0.3, -0.25) is 0 Å². The van der Waals surface area contributed by atoms with Crippen molar-refractivity contribution in [2.24, 2.45) is 0 Å². The van der Waals surface area contributed by atoms with E-state index in [4.69, 9.17) is 17.3 Å². The summed E-state index contributed by atoms with van der Waals surface area (Å²) in [5, 5.41) is 10.0. The lowest BCUT2D eigenvalue weighted by Gasteiger charge is -2.08. The van der Waals surface area contributed by atoms with E-state index in [1.54, 1.807) is 18.2 Å². The van der Waals surface area contributed by atoms with E-state index in [1.807, 2.05) is 18.2 Å². The molecule has 0 saturated carbocycles. The zero-order chi connectivity index (χ0) is 10.8. The highest BCUT2D eigenvalue weighted by Gasteiger charge is 2.12. The fourth-order valence-corrected chi connectivity index (χ4v) is 2.39. The van der Waals surface area contributed by atoms with Crippen molar-refractivity contribution in [3.8, 4) is 0 Å². The van der Waals surface area contributed by atoms with Crippen molar-refractivity contribution in [1.29, 1.82) is 0 Å². The van der Waals surface area contributed by atoms with Gasteiger partial charge >= 0.3 is 0 Å². The lowest BCUT2D eigenvalue weighted by atomic mass is 10.1. The number of anilines is 1. The molecule has 3 N–H and O–H groups in total. The predicted octanol–water partition coefficient (Wildman–Crippen LogP) is 3.07. The Bertz CT molecular complexity index is 452. The molecule has 0 aliphatic heterocycles. The molecule has 1 aromatic carbocycles. The highest BCUT2D eigenvalue weighted by molar-refractivity contribution is 7.16. The number of hydrogen-bond donors (Lipinski definition) is 2. The van der Waals surface area contributed by atoms with Gasteiger partial charge in [-0.2, -0.15) is 0 Å². The van der Waals surface area contributed by atoms with E-state index in [0.717, 1.165) is 10.4 Å². The predicted molar refractivity (Wildman–Crippen MR) is 64.2 cm³/mol. The Labute approximate surface area is 96.9 Å². The SMILES string of the molecule is Nc1ccc(C(O)c2ccc(Cl)s2)cc1. The van der Waals surface area contributed by atoms with Gasteiger partial charge < -0.3 is 10.8 Å². The lowest BCUT2D eigenvalue weighted by Crippen LogP contribution is -1.97. The summed E-state index contributed by atoms with van der Waals surface area (Å²) < 4.78 is 0.680. The lowest BCUT2D eigenvalue weighted by molar-refractivity contribution is 0.224. The Morgan fingerprint density at radius 1 is 1.13 bits per heavy atom. The minimum atomic E-state index is -0.622. The van der Waals surface area contributed by atoms with Crippen molar-refractivity contribution in [3.63, 3.8) is 0 Å². The van der Waals surface area contributed by atoms with E-state index in [1.165, 1.54) is 11.3 Å². The maximum absolute atomic E-state index is 10.0. The first-order valence-corrected chi connectivity index (χ1v) is 5.65. The van der Waals surface area contributed by atoms with Crippen molar-refractivity contribution in [2.75, 3.05) is 5.73 Å². The Balaban J connectivity index is 2.28. The van der Waals surface area contributed by atoms with Gasteiger partial charge in [0.25, 0.3) is 0 Å². The van der Waals surface area contributed by atoms with Crippen molar-refractivity contribution in [3.05, 3.63) is 51.2 Å². The second-order valence-electron chi connectivity index (χ2n) is 3.21. The third-order valence-corrected chi connectivity index (χ3v) is 3.40. The number of hydrogen-bond acceptors (Lipinski definition) is 3. The average molecular weight is 240 g/mol. The zero-order valence-corrected chi connectivity index (χ0v) is 9.42. The van der Waals surface area contributed by atoms with E-state index in [0.29, 0.717) is 10.0 Å². The van der Waals surface area contributed by atoms with Crippen LogP contribution >= 0.6 is 22.9 Å². The maximum atomic E-state index is 10.0. The molecule has 0 amide bonds. The van der Waals surface area contributed by atoms with E-state index in [9.17, 15) is 5.11 Å². The second-order valence-corrected chi connectivity index (χ2v) is 4.96. The summed E-state index contributed by atoms with van der Waals surface area (Å²) in [6.07, 6.45) is -0.622. The molecule has 78 valence electrons. The molecule has 1 unspecified atom stereocenters. The van der Waals surface area contributed by atoms with E-state index in [2.05, 4.69) is 0 Å². The molecule has 1 aromatic heterocycles. The third-order valence-electron chi connectivity index (χ3n) is 2.12. The summed E-state index contributed by atoms with van der Waals surface area (Å²) in [6.45, 7) is 0. The van der Waals surface area contributed by atoms with Gasteiger partial charge in [-0.1, -0.05) is 23.7 Å². The molecule has 0 bridgehead atoms. The first-order chi connectivity index (χ1) is 7.16. The normalized spacial score (nSPS) is 12.7. The number of nitrogens with two attached hydrogens (primary N) is 1.